The maximum atomic E-state index is 13.4. The van der Waals surface area contributed by atoms with Crippen LogP contribution in [0.3, 0.4) is 0 Å². The third kappa shape index (κ3) is 6.75. The zero-order valence-corrected chi connectivity index (χ0v) is 27.1. The maximum Gasteiger partial charge on any atom is 0.472 e. The van der Waals surface area contributed by atoms with Gasteiger partial charge in [0.25, 0.3) is 11.3 Å². The van der Waals surface area contributed by atoms with Crippen LogP contribution in [0, 0.1) is 0 Å². The lowest BCUT2D eigenvalue weighted by Crippen LogP contribution is -2.70. The van der Waals surface area contributed by atoms with E-state index in [-0.39, 0.29) is 5.69 Å². The van der Waals surface area contributed by atoms with Gasteiger partial charge in [0.2, 0.25) is 6.29 Å². The number of rotatable bonds is 13. The van der Waals surface area contributed by atoms with E-state index in [2.05, 4.69) is 4.98 Å². The zero-order valence-electron chi connectivity index (χ0n) is 26.2. The minimum Gasteiger partial charge on any atom is -0.478 e. The van der Waals surface area contributed by atoms with Crippen LogP contribution >= 0.6 is 7.82 Å². The van der Waals surface area contributed by atoms with Crippen molar-refractivity contribution in [2.24, 2.45) is 0 Å². The van der Waals surface area contributed by atoms with E-state index in [4.69, 9.17) is 28.2 Å². The fraction of sp³-hybridized carbons (Fsp3) is 0.433. The van der Waals surface area contributed by atoms with Crippen molar-refractivity contribution < 1.29 is 57.6 Å². The van der Waals surface area contributed by atoms with E-state index in [1.54, 1.807) is 57.2 Å². The summed E-state index contributed by atoms with van der Waals surface area (Å²) in [6, 6.07) is 16.8. The number of aliphatic carboxylic acids is 1. The summed E-state index contributed by atoms with van der Waals surface area (Å²) in [5.74, 6) is -3.18. The van der Waals surface area contributed by atoms with Crippen LogP contribution in [0.2, 0.25) is 0 Å². The number of aromatic nitrogens is 2. The van der Waals surface area contributed by atoms with Crippen molar-refractivity contribution >= 4 is 19.5 Å². The second-order valence-corrected chi connectivity index (χ2v) is 12.9. The molecular formula is C30H36N3O14P. The number of H-pyrrole nitrogens is 1. The Balaban J connectivity index is 1.66. The number of aliphatic hydroxyl groups excluding tert-OH is 1. The van der Waals surface area contributed by atoms with Gasteiger partial charge >= 0.3 is 19.5 Å². The summed E-state index contributed by atoms with van der Waals surface area (Å²) in [6.07, 6.45) is -7.45. The standard InChI is InChI=1S/C30H36N3O14P/c1-28(2)45-22-21(44-24(29(22,3)47-28)32-16-15-20(34)31-27(32)38)23(35)33(19-13-9-6-10-14-19)30(42-4,25(36)37)26(46-48(39,40)41)43-17-18-11-7-5-8-12-18/h5-16,21-24,26,35H,17H2,1-4H3,(H,36,37)(H,31,34,38)(H2,39,40,41)/t21-,22+,23?,24+,26?,29+,30-/m0/s1. The number of hydrogen-bond acceptors (Lipinski definition) is 12. The topological polar surface area (TPSA) is 229 Å². The molecule has 5 rings (SSSR count). The normalized spacial score (nSPS) is 25.9. The first-order chi connectivity index (χ1) is 22.5. The number of methoxy groups -OCH3 is 1. The van der Waals surface area contributed by atoms with Crippen molar-refractivity contribution in [3.8, 4) is 0 Å². The monoisotopic (exact) mass is 693 g/mol. The predicted octanol–water partition coefficient (Wildman–Crippen LogP) is 1.25. The summed E-state index contributed by atoms with van der Waals surface area (Å²) in [5.41, 5.74) is -5.64. The molecule has 18 heteroatoms. The highest BCUT2D eigenvalue weighted by Crippen LogP contribution is 2.52. The number of carbonyl (C=O) groups is 1. The first kappa shape index (κ1) is 35.6. The number of aromatic amines is 1. The van der Waals surface area contributed by atoms with E-state index in [9.17, 15) is 38.9 Å². The van der Waals surface area contributed by atoms with Crippen molar-refractivity contribution in [2.75, 3.05) is 12.0 Å². The van der Waals surface area contributed by atoms with Gasteiger partial charge in [0.15, 0.2) is 18.2 Å². The molecule has 0 amide bonds. The van der Waals surface area contributed by atoms with Crippen molar-refractivity contribution in [1.29, 1.82) is 0 Å². The lowest BCUT2D eigenvalue weighted by atomic mass is 9.94. The number of nitrogens with zero attached hydrogens (tertiary/aromatic N) is 2. The lowest BCUT2D eigenvalue weighted by Gasteiger charge is -2.47. The molecule has 0 saturated carbocycles. The third-order valence-electron chi connectivity index (χ3n) is 7.98. The van der Waals surface area contributed by atoms with E-state index in [0.29, 0.717) is 5.56 Å². The number of nitrogens with one attached hydrogen (secondary N) is 1. The molecule has 2 aliphatic heterocycles. The van der Waals surface area contributed by atoms with Gasteiger partial charge in [-0.2, -0.15) is 0 Å². The number of anilines is 1. The fourth-order valence-corrected chi connectivity index (χ4v) is 6.57. The molecule has 1 aromatic heterocycles. The molecule has 2 aliphatic rings. The molecule has 260 valence electrons. The number of phosphoric acid groups is 1. The molecule has 5 N–H and O–H groups in total. The molecule has 17 nitrogen and oxygen atoms in total. The minimum atomic E-state index is -5.50. The molecule has 2 unspecified atom stereocenters. The first-order valence-corrected chi connectivity index (χ1v) is 16.1. The van der Waals surface area contributed by atoms with Gasteiger partial charge in [0.05, 0.1) is 6.61 Å². The fourth-order valence-electron chi connectivity index (χ4n) is 6.12. The Kier molecular flexibility index (Phi) is 9.84. The summed E-state index contributed by atoms with van der Waals surface area (Å²) >= 11 is 0. The number of ether oxygens (including phenoxy) is 5. The van der Waals surface area contributed by atoms with E-state index >= 15 is 0 Å². The highest BCUT2D eigenvalue weighted by atomic mass is 31.2. The second-order valence-electron chi connectivity index (χ2n) is 11.7. The number of carboxylic acid groups (broad SMARTS) is 1. The molecule has 0 spiro atoms. The highest BCUT2D eigenvalue weighted by Gasteiger charge is 2.68. The molecule has 2 saturated heterocycles. The van der Waals surface area contributed by atoms with Crippen LogP contribution in [0.15, 0.2) is 82.5 Å². The highest BCUT2D eigenvalue weighted by molar-refractivity contribution is 7.46. The molecule has 3 aromatic rings. The van der Waals surface area contributed by atoms with Crippen molar-refractivity contribution in [3.05, 3.63) is 99.3 Å². The average molecular weight is 694 g/mol. The van der Waals surface area contributed by atoms with E-state index < -0.39 is 79.7 Å². The van der Waals surface area contributed by atoms with Crippen LogP contribution in [0.25, 0.3) is 0 Å². The molecule has 48 heavy (non-hydrogen) atoms. The molecular weight excluding hydrogens is 657 g/mol. The van der Waals surface area contributed by atoms with Crippen LogP contribution in [0.1, 0.15) is 32.6 Å². The van der Waals surface area contributed by atoms with Crippen LogP contribution < -0.4 is 16.1 Å². The van der Waals surface area contributed by atoms with Gasteiger partial charge in [0, 0.05) is 25.1 Å². The van der Waals surface area contributed by atoms with Gasteiger partial charge < -0.3 is 48.6 Å². The molecule has 3 heterocycles. The SMILES string of the molecule is CO[C@@](C(=O)O)(C(OCc1ccccc1)OP(=O)(O)O)N(c1ccccc1)C(O)[C@H]1O[C@@H](n2ccc(=O)[nH]c2=O)[C@]2(C)OC(C)(C)O[C@H]12. The van der Waals surface area contributed by atoms with Crippen LogP contribution in [-0.4, -0.2) is 84.5 Å². The second kappa shape index (κ2) is 13.3. The Morgan fingerprint density at radius 2 is 1.71 bits per heavy atom. The Hall–Kier alpha value is -3.74. The molecule has 0 aliphatic carbocycles. The number of carboxylic acids is 1. The van der Waals surface area contributed by atoms with Crippen LogP contribution in [0.4, 0.5) is 5.69 Å². The Morgan fingerprint density at radius 3 is 2.27 bits per heavy atom. The average Bonchev–Trinajstić information content (AvgIpc) is 3.42. The Morgan fingerprint density at radius 1 is 1.08 bits per heavy atom. The van der Waals surface area contributed by atoms with Crippen LogP contribution in [-0.2, 0) is 44.2 Å². The molecule has 2 aromatic carbocycles. The largest absolute Gasteiger partial charge is 0.478 e. The number of para-hydroxylation sites is 1. The van der Waals surface area contributed by atoms with Crippen molar-refractivity contribution in [2.45, 2.75) is 75.4 Å². The minimum absolute atomic E-state index is 0.0370. The lowest BCUT2D eigenvalue weighted by molar-refractivity contribution is -0.246. The van der Waals surface area contributed by atoms with E-state index in [1.807, 2.05) is 0 Å². The first-order valence-electron chi connectivity index (χ1n) is 14.6. The summed E-state index contributed by atoms with van der Waals surface area (Å²) < 4.78 is 48.2. The molecule has 7 atom stereocenters. The number of benzene rings is 2. The number of hydrogen-bond donors (Lipinski definition) is 5. The van der Waals surface area contributed by atoms with Gasteiger partial charge in [-0.25, -0.2) is 14.2 Å². The van der Waals surface area contributed by atoms with Crippen LogP contribution in [0.5, 0.6) is 0 Å². The molecule has 2 fully saturated rings. The summed E-state index contributed by atoms with van der Waals surface area (Å²) in [7, 11) is -4.57. The van der Waals surface area contributed by atoms with Gasteiger partial charge in [-0.15, -0.1) is 0 Å². The van der Waals surface area contributed by atoms with Gasteiger partial charge in [-0.05, 0) is 38.5 Å². The zero-order chi connectivity index (χ0) is 35.1. The maximum absolute atomic E-state index is 13.4. The summed E-state index contributed by atoms with van der Waals surface area (Å²) in [4.78, 5) is 60.9. The quantitative estimate of drug-likeness (QED) is 0.125. The van der Waals surface area contributed by atoms with Crippen molar-refractivity contribution in [1.82, 2.24) is 9.55 Å². The molecule has 0 radical (unpaired) electrons. The Bertz CT molecular complexity index is 1770. The summed E-state index contributed by atoms with van der Waals surface area (Å²) in [6.45, 7) is 4.32. The number of phosphoric ester groups is 1. The van der Waals surface area contributed by atoms with E-state index in [0.717, 1.165) is 22.6 Å². The van der Waals surface area contributed by atoms with Gasteiger partial charge in [-0.1, -0.05) is 48.5 Å². The molecule has 0 bridgehead atoms. The van der Waals surface area contributed by atoms with Crippen molar-refractivity contribution in [3.63, 3.8) is 0 Å². The summed E-state index contributed by atoms with van der Waals surface area (Å²) in [5, 5.41) is 23.2. The smallest absolute Gasteiger partial charge is 0.472 e. The predicted molar refractivity (Wildman–Crippen MR) is 164 cm³/mol. The number of aliphatic hydroxyl groups is 1. The van der Waals surface area contributed by atoms with E-state index in [1.165, 1.54) is 30.5 Å². The van der Waals surface area contributed by atoms with Gasteiger partial charge in [0.1, 0.15) is 17.8 Å². The number of fused-ring (bicyclic) bond motifs is 1. The third-order valence-corrected chi connectivity index (χ3v) is 8.45. The van der Waals surface area contributed by atoms with Gasteiger partial charge in [-0.3, -0.25) is 18.9 Å². The Labute approximate surface area is 273 Å².